The van der Waals surface area contributed by atoms with Crippen LogP contribution in [0.3, 0.4) is 0 Å². The molecule has 0 aromatic carbocycles. The summed E-state index contributed by atoms with van der Waals surface area (Å²) in [7, 11) is 0. The molecule has 0 spiro atoms. The van der Waals surface area contributed by atoms with E-state index in [-0.39, 0.29) is 18.6 Å². The Bertz CT molecular complexity index is 405. The molecule has 2 heterocycles. The third-order valence-electron chi connectivity index (χ3n) is 2.97. The average Bonchev–Trinajstić information content (AvgIpc) is 2.82. The summed E-state index contributed by atoms with van der Waals surface area (Å²) in [6.45, 7) is 5.32. The number of carbonyl (C=O) groups is 1. The Balaban J connectivity index is 2.08. The molecule has 5 heteroatoms. The molecule has 1 aromatic heterocycles. The van der Waals surface area contributed by atoms with Gasteiger partial charge >= 0.3 is 0 Å². The van der Waals surface area contributed by atoms with Gasteiger partial charge in [-0.2, -0.15) is 11.8 Å². The van der Waals surface area contributed by atoms with E-state index >= 15 is 0 Å². The molecule has 2 rings (SSSR count). The normalized spacial score (nSPS) is 20.1. The largest absolute Gasteiger partial charge is 0.464 e. The predicted octanol–water partition coefficient (Wildman–Crippen LogP) is 2.24. The maximum absolute atomic E-state index is 12.1. The summed E-state index contributed by atoms with van der Waals surface area (Å²) in [5.41, 5.74) is 0. The minimum Gasteiger partial charge on any atom is -0.464 e. The SMILES string of the molecule is CCOCC(=O)N1CCSC[C@@H]1c1ccc(C)o1. The number of thioether (sulfide) groups is 1. The third-order valence-corrected chi connectivity index (χ3v) is 3.99. The van der Waals surface area contributed by atoms with E-state index in [2.05, 4.69) is 0 Å². The Morgan fingerprint density at radius 2 is 2.44 bits per heavy atom. The highest BCUT2D eigenvalue weighted by Gasteiger charge is 2.30. The molecule has 1 aliphatic rings. The van der Waals surface area contributed by atoms with Gasteiger partial charge in [-0.3, -0.25) is 4.79 Å². The summed E-state index contributed by atoms with van der Waals surface area (Å²) < 4.78 is 10.9. The summed E-state index contributed by atoms with van der Waals surface area (Å²) in [6, 6.07) is 3.96. The Labute approximate surface area is 112 Å². The van der Waals surface area contributed by atoms with Gasteiger partial charge in [0.2, 0.25) is 5.91 Å². The van der Waals surface area contributed by atoms with Crippen LogP contribution in [0.4, 0.5) is 0 Å². The molecule has 4 nitrogen and oxygen atoms in total. The van der Waals surface area contributed by atoms with E-state index in [1.165, 1.54) is 0 Å². The lowest BCUT2D eigenvalue weighted by Gasteiger charge is -2.34. The molecule has 0 N–H and O–H groups in total. The minimum absolute atomic E-state index is 0.0467. The van der Waals surface area contributed by atoms with Crippen LogP contribution in [0.5, 0.6) is 0 Å². The van der Waals surface area contributed by atoms with Gasteiger partial charge in [-0.05, 0) is 26.0 Å². The van der Waals surface area contributed by atoms with Crippen molar-refractivity contribution in [2.75, 3.05) is 31.3 Å². The quantitative estimate of drug-likeness (QED) is 0.840. The third kappa shape index (κ3) is 3.09. The molecule has 1 atom stereocenters. The van der Waals surface area contributed by atoms with Crippen molar-refractivity contribution in [3.8, 4) is 0 Å². The van der Waals surface area contributed by atoms with Crippen molar-refractivity contribution in [2.24, 2.45) is 0 Å². The van der Waals surface area contributed by atoms with Gasteiger partial charge in [-0.1, -0.05) is 0 Å². The number of rotatable bonds is 4. The fourth-order valence-electron chi connectivity index (χ4n) is 2.04. The van der Waals surface area contributed by atoms with E-state index < -0.39 is 0 Å². The van der Waals surface area contributed by atoms with Crippen LogP contribution >= 0.6 is 11.8 Å². The number of aryl methyl sites for hydroxylation is 1. The molecule has 0 bridgehead atoms. The second kappa shape index (κ2) is 6.29. The Kier molecular flexibility index (Phi) is 4.72. The molecule has 100 valence electrons. The Morgan fingerprint density at radius 1 is 1.61 bits per heavy atom. The fourth-order valence-corrected chi connectivity index (χ4v) is 3.10. The second-order valence-electron chi connectivity index (χ2n) is 4.26. The van der Waals surface area contributed by atoms with Crippen molar-refractivity contribution in [1.82, 2.24) is 4.90 Å². The van der Waals surface area contributed by atoms with Crippen LogP contribution in [0.1, 0.15) is 24.5 Å². The average molecular weight is 269 g/mol. The number of hydrogen-bond donors (Lipinski definition) is 0. The van der Waals surface area contributed by atoms with Crippen molar-refractivity contribution in [1.29, 1.82) is 0 Å². The summed E-state index contributed by atoms with van der Waals surface area (Å²) in [4.78, 5) is 14.0. The molecule has 1 fully saturated rings. The van der Waals surface area contributed by atoms with Crippen LogP contribution in [0, 0.1) is 6.92 Å². The van der Waals surface area contributed by atoms with Crippen molar-refractivity contribution in [3.05, 3.63) is 23.7 Å². The maximum atomic E-state index is 12.1. The summed E-state index contributed by atoms with van der Waals surface area (Å²) >= 11 is 1.86. The van der Waals surface area contributed by atoms with Gasteiger partial charge in [-0.15, -0.1) is 0 Å². The number of furan rings is 1. The lowest BCUT2D eigenvalue weighted by molar-refractivity contribution is -0.138. The zero-order valence-electron chi connectivity index (χ0n) is 10.8. The second-order valence-corrected chi connectivity index (χ2v) is 5.41. The van der Waals surface area contributed by atoms with Gasteiger partial charge in [0.1, 0.15) is 18.1 Å². The Hall–Kier alpha value is -0.940. The standard InChI is InChI=1S/C13H19NO3S/c1-3-16-8-13(15)14-6-7-18-9-11(14)12-5-4-10(2)17-12/h4-5,11H,3,6-9H2,1-2H3/t11-/m1/s1. The van der Waals surface area contributed by atoms with Crippen LogP contribution in [0.15, 0.2) is 16.5 Å². The van der Waals surface area contributed by atoms with Gasteiger partial charge in [0, 0.05) is 24.7 Å². The van der Waals surface area contributed by atoms with Crippen molar-refractivity contribution in [3.63, 3.8) is 0 Å². The van der Waals surface area contributed by atoms with E-state index in [0.717, 1.165) is 29.6 Å². The van der Waals surface area contributed by atoms with Crippen molar-refractivity contribution in [2.45, 2.75) is 19.9 Å². The first kappa shape index (κ1) is 13.5. The summed E-state index contributed by atoms with van der Waals surface area (Å²) in [5, 5.41) is 0. The summed E-state index contributed by atoms with van der Waals surface area (Å²) in [5.74, 6) is 3.69. The van der Waals surface area contributed by atoms with Gasteiger partial charge in [0.15, 0.2) is 0 Å². The Morgan fingerprint density at radius 3 is 3.11 bits per heavy atom. The van der Waals surface area contributed by atoms with E-state index in [1.54, 1.807) is 0 Å². The molecule has 1 amide bonds. The first-order valence-corrected chi connectivity index (χ1v) is 7.39. The predicted molar refractivity (Wildman–Crippen MR) is 71.7 cm³/mol. The van der Waals surface area contributed by atoms with E-state index in [9.17, 15) is 4.79 Å². The molecule has 1 saturated heterocycles. The molecular weight excluding hydrogens is 250 g/mol. The molecular formula is C13H19NO3S. The number of amides is 1. The van der Waals surface area contributed by atoms with Crippen LogP contribution in [0.2, 0.25) is 0 Å². The van der Waals surface area contributed by atoms with Crippen molar-refractivity contribution >= 4 is 17.7 Å². The zero-order valence-corrected chi connectivity index (χ0v) is 11.7. The van der Waals surface area contributed by atoms with Crippen LogP contribution in [-0.4, -0.2) is 42.1 Å². The molecule has 0 saturated carbocycles. The lowest BCUT2D eigenvalue weighted by atomic mass is 10.2. The number of ether oxygens (including phenoxy) is 1. The fraction of sp³-hybridized carbons (Fsp3) is 0.615. The summed E-state index contributed by atoms with van der Waals surface area (Å²) in [6.07, 6.45) is 0. The molecule has 0 aliphatic carbocycles. The van der Waals surface area contributed by atoms with Gasteiger partial charge in [0.05, 0.1) is 6.04 Å². The molecule has 1 aliphatic heterocycles. The molecule has 18 heavy (non-hydrogen) atoms. The van der Waals surface area contributed by atoms with E-state index in [1.807, 2.05) is 42.6 Å². The molecule has 1 aromatic rings. The molecule has 0 unspecified atom stereocenters. The van der Waals surface area contributed by atoms with Gasteiger partial charge in [0.25, 0.3) is 0 Å². The van der Waals surface area contributed by atoms with E-state index in [0.29, 0.717) is 6.61 Å². The number of carbonyl (C=O) groups excluding carboxylic acids is 1. The highest BCUT2D eigenvalue weighted by Crippen LogP contribution is 2.30. The van der Waals surface area contributed by atoms with E-state index in [4.69, 9.17) is 9.15 Å². The zero-order chi connectivity index (χ0) is 13.0. The number of hydrogen-bond acceptors (Lipinski definition) is 4. The topological polar surface area (TPSA) is 42.7 Å². The maximum Gasteiger partial charge on any atom is 0.249 e. The van der Waals surface area contributed by atoms with Crippen molar-refractivity contribution < 1.29 is 13.9 Å². The van der Waals surface area contributed by atoms with Crippen LogP contribution in [-0.2, 0) is 9.53 Å². The monoisotopic (exact) mass is 269 g/mol. The smallest absolute Gasteiger partial charge is 0.249 e. The first-order valence-electron chi connectivity index (χ1n) is 6.23. The molecule has 0 radical (unpaired) electrons. The number of nitrogens with zero attached hydrogens (tertiary/aromatic N) is 1. The van der Waals surface area contributed by atoms with Crippen LogP contribution in [0.25, 0.3) is 0 Å². The highest BCUT2D eigenvalue weighted by atomic mass is 32.2. The minimum atomic E-state index is 0.0467. The van der Waals surface area contributed by atoms with Gasteiger partial charge in [-0.25, -0.2) is 0 Å². The first-order chi connectivity index (χ1) is 8.72. The van der Waals surface area contributed by atoms with Gasteiger partial charge < -0.3 is 14.1 Å². The van der Waals surface area contributed by atoms with Crippen LogP contribution < -0.4 is 0 Å². The lowest BCUT2D eigenvalue weighted by Crippen LogP contribution is -2.42. The highest BCUT2D eigenvalue weighted by molar-refractivity contribution is 7.99.